The van der Waals surface area contributed by atoms with Gasteiger partial charge in [0.15, 0.2) is 11.5 Å². The molecule has 0 radical (unpaired) electrons. The summed E-state index contributed by atoms with van der Waals surface area (Å²) in [6.07, 6.45) is 12.0. The molecule has 44 heavy (non-hydrogen) atoms. The van der Waals surface area contributed by atoms with Crippen molar-refractivity contribution in [1.29, 1.82) is 0 Å². The normalized spacial score (nSPS) is 13.5. The highest BCUT2D eigenvalue weighted by molar-refractivity contribution is 7.52. The van der Waals surface area contributed by atoms with E-state index >= 15 is 0 Å². The van der Waals surface area contributed by atoms with Gasteiger partial charge in [-0.2, -0.15) is 0 Å². The van der Waals surface area contributed by atoms with Crippen LogP contribution in [0.3, 0.4) is 0 Å². The van der Waals surface area contributed by atoms with Crippen LogP contribution in [-0.2, 0) is 25.1 Å². The van der Waals surface area contributed by atoms with Crippen molar-refractivity contribution in [2.24, 2.45) is 0 Å². The summed E-state index contributed by atoms with van der Waals surface area (Å²) in [5.74, 6) is 2.60. The number of nitrogen functional groups attached to an aromatic ring is 1. The van der Waals surface area contributed by atoms with Crippen molar-refractivity contribution in [3.63, 3.8) is 0 Å². The van der Waals surface area contributed by atoms with Gasteiger partial charge in [0.1, 0.15) is 35.6 Å². The smallest absolute Gasteiger partial charge is 0.353 e. The second-order valence-electron chi connectivity index (χ2n) is 10.5. The number of rotatable bonds is 20. The van der Waals surface area contributed by atoms with E-state index < -0.39 is 37.5 Å². The lowest BCUT2D eigenvalue weighted by Crippen LogP contribution is -2.18. The molecule has 0 amide bonds. The van der Waals surface area contributed by atoms with Gasteiger partial charge in [-0.25, -0.2) is 28.1 Å². The van der Waals surface area contributed by atoms with Gasteiger partial charge in [0.05, 0.1) is 37.8 Å². The predicted octanol–water partition coefficient (Wildman–Crippen LogP) is 6.36. The maximum Gasteiger partial charge on any atom is 0.353 e. The minimum Gasteiger partial charge on any atom is -0.382 e. The fourth-order valence-corrected chi connectivity index (χ4v) is 5.31. The number of nitrogens with two attached hydrogens (primary N) is 1. The first-order valence-corrected chi connectivity index (χ1v) is 16.6. The molecule has 2 aromatic heterocycles. The van der Waals surface area contributed by atoms with Crippen molar-refractivity contribution in [3.8, 4) is 11.8 Å². The van der Waals surface area contributed by atoms with Gasteiger partial charge in [0.25, 0.3) is 0 Å². The van der Waals surface area contributed by atoms with Crippen LogP contribution >= 0.6 is 7.60 Å². The van der Waals surface area contributed by atoms with Crippen LogP contribution in [0.25, 0.3) is 11.2 Å². The van der Waals surface area contributed by atoms with Gasteiger partial charge < -0.3 is 29.2 Å². The van der Waals surface area contributed by atoms with E-state index in [1.54, 1.807) is 17.8 Å². The molecule has 242 valence electrons. The van der Waals surface area contributed by atoms with Gasteiger partial charge in [-0.1, -0.05) is 56.8 Å². The second kappa shape index (κ2) is 18.7. The quantitative estimate of drug-likeness (QED) is 0.0823. The molecule has 3 aromatic rings. The van der Waals surface area contributed by atoms with Crippen LogP contribution in [0.1, 0.15) is 76.7 Å². The number of nitrogens with zero attached hydrogens (tertiary/aromatic N) is 4. The number of anilines is 1. The van der Waals surface area contributed by atoms with Gasteiger partial charge in [-0.05, 0) is 19.8 Å². The van der Waals surface area contributed by atoms with Crippen LogP contribution in [0.15, 0.2) is 24.8 Å². The summed E-state index contributed by atoms with van der Waals surface area (Å²) < 4.78 is 70.2. The van der Waals surface area contributed by atoms with Gasteiger partial charge in [0, 0.05) is 25.2 Å². The Labute approximate surface area is 256 Å². The Morgan fingerprint density at radius 1 is 0.955 bits per heavy atom. The van der Waals surface area contributed by atoms with E-state index in [2.05, 4.69) is 26.8 Å². The number of halogens is 3. The average molecular weight is 640 g/mol. The molecule has 10 nitrogen and oxygen atoms in total. The summed E-state index contributed by atoms with van der Waals surface area (Å²) in [4.78, 5) is 22.3. The van der Waals surface area contributed by atoms with Crippen molar-refractivity contribution in [3.05, 3.63) is 47.8 Å². The van der Waals surface area contributed by atoms with Crippen LogP contribution in [0.4, 0.5) is 19.0 Å². The number of benzene rings is 1. The minimum absolute atomic E-state index is 0.000526. The number of aromatic nitrogens is 4. The molecule has 14 heteroatoms. The SMILES string of the molecule is C[C@H](Cn1cnc2c(N)ncnc21)OCP(=O)(O)OCCOCCCCCCCCCCCC#Cc1c(F)cc(F)cc1F. The van der Waals surface area contributed by atoms with E-state index in [1.165, 1.54) is 6.33 Å². The molecule has 0 aliphatic rings. The maximum atomic E-state index is 13.5. The first-order chi connectivity index (χ1) is 21.2. The fraction of sp³-hybridized carbons (Fsp3) is 0.567. The van der Waals surface area contributed by atoms with Gasteiger partial charge in [0.2, 0.25) is 0 Å². The Balaban J connectivity index is 1.11. The lowest BCUT2D eigenvalue weighted by molar-refractivity contribution is 0.0610. The highest BCUT2D eigenvalue weighted by Gasteiger charge is 2.22. The van der Waals surface area contributed by atoms with Crippen LogP contribution in [-0.4, -0.2) is 56.7 Å². The first kappa shape index (κ1) is 35.5. The summed E-state index contributed by atoms with van der Waals surface area (Å²) >= 11 is 0. The molecule has 0 saturated carbocycles. The third-order valence-corrected chi connectivity index (χ3v) is 7.80. The molecular formula is C30H41F3N5O5P. The van der Waals surface area contributed by atoms with Crippen LogP contribution in [0, 0.1) is 29.3 Å². The molecule has 0 aliphatic heterocycles. The third kappa shape index (κ3) is 12.5. The summed E-state index contributed by atoms with van der Waals surface area (Å²) in [7, 11) is -3.92. The molecular weight excluding hydrogens is 598 g/mol. The molecule has 0 saturated heterocycles. The topological polar surface area (TPSA) is 135 Å². The van der Waals surface area contributed by atoms with E-state index in [4.69, 9.17) is 19.7 Å². The third-order valence-electron chi connectivity index (χ3n) is 6.74. The molecule has 2 heterocycles. The van der Waals surface area contributed by atoms with Crippen molar-refractivity contribution in [2.45, 2.75) is 83.8 Å². The Morgan fingerprint density at radius 2 is 1.61 bits per heavy atom. The molecule has 0 spiro atoms. The molecule has 1 aromatic carbocycles. The zero-order valence-corrected chi connectivity index (χ0v) is 25.9. The predicted molar refractivity (Wildman–Crippen MR) is 161 cm³/mol. The Hall–Kier alpha value is -3.01. The first-order valence-electron chi connectivity index (χ1n) is 14.9. The number of unbranched alkanes of at least 4 members (excludes halogenated alkanes) is 9. The average Bonchev–Trinajstić information content (AvgIpc) is 3.38. The van der Waals surface area contributed by atoms with Crippen molar-refractivity contribution in [1.82, 2.24) is 19.5 Å². The van der Waals surface area contributed by atoms with Crippen LogP contribution in [0.5, 0.6) is 0 Å². The summed E-state index contributed by atoms with van der Waals surface area (Å²) in [5, 5.41) is 0. The lowest BCUT2D eigenvalue weighted by Gasteiger charge is -2.17. The highest BCUT2D eigenvalue weighted by atomic mass is 31.2. The zero-order valence-electron chi connectivity index (χ0n) is 25.0. The Bertz CT molecular complexity index is 1410. The largest absolute Gasteiger partial charge is 0.382 e. The zero-order chi connectivity index (χ0) is 31.8. The van der Waals surface area contributed by atoms with Crippen LogP contribution in [0.2, 0.25) is 0 Å². The minimum atomic E-state index is -3.92. The van der Waals surface area contributed by atoms with Crippen molar-refractivity contribution in [2.75, 3.05) is 31.9 Å². The van der Waals surface area contributed by atoms with Gasteiger partial charge >= 0.3 is 7.60 Å². The number of ether oxygens (including phenoxy) is 2. The van der Waals surface area contributed by atoms with Crippen LogP contribution < -0.4 is 5.73 Å². The molecule has 3 N–H and O–H groups in total. The van der Waals surface area contributed by atoms with E-state index in [-0.39, 0.29) is 24.6 Å². The standard InChI is InChI=1S/C30H41F3N5O5P/c1-23(19-38-21-37-28-29(34)35-20-36-30(28)38)42-22-44(39,40)43-16-15-41-14-12-10-8-6-4-2-3-5-7-9-11-13-25-26(32)17-24(31)18-27(25)33/h17-18,20-21,23H,2-10,12,14-16,19,22H2,1H3,(H,39,40)(H2,34,35,36)/t23-/m1/s1. The number of hydrogen-bond acceptors (Lipinski definition) is 8. The van der Waals surface area contributed by atoms with E-state index in [0.29, 0.717) is 42.9 Å². The Kier molecular flexibility index (Phi) is 15.1. The molecule has 2 atom stereocenters. The van der Waals surface area contributed by atoms with Gasteiger partial charge in [-0.3, -0.25) is 4.57 Å². The molecule has 0 fully saturated rings. The number of fused-ring (bicyclic) bond motifs is 1. The monoisotopic (exact) mass is 639 g/mol. The molecule has 0 aliphatic carbocycles. The highest BCUT2D eigenvalue weighted by Crippen LogP contribution is 2.41. The lowest BCUT2D eigenvalue weighted by atomic mass is 10.1. The molecule has 0 bridgehead atoms. The number of imidazole rings is 1. The summed E-state index contributed by atoms with van der Waals surface area (Å²) in [6.45, 7) is 2.92. The fourth-order valence-electron chi connectivity index (χ4n) is 4.43. The molecule has 1 unspecified atom stereocenters. The molecule has 3 rings (SSSR count). The number of hydrogen-bond donors (Lipinski definition) is 2. The Morgan fingerprint density at radius 3 is 2.32 bits per heavy atom. The van der Waals surface area contributed by atoms with E-state index in [1.807, 2.05) is 0 Å². The second-order valence-corrected chi connectivity index (χ2v) is 12.3. The van der Waals surface area contributed by atoms with Crippen molar-refractivity contribution < 1.29 is 36.6 Å². The van der Waals surface area contributed by atoms with E-state index in [9.17, 15) is 22.6 Å². The van der Waals surface area contributed by atoms with Gasteiger partial charge in [-0.15, -0.1) is 0 Å². The van der Waals surface area contributed by atoms with Crippen molar-refractivity contribution >= 4 is 24.6 Å². The summed E-state index contributed by atoms with van der Waals surface area (Å²) in [6, 6.07) is 1.27. The van der Waals surface area contributed by atoms with E-state index in [0.717, 1.165) is 57.8 Å². The maximum absolute atomic E-state index is 13.5. The summed E-state index contributed by atoms with van der Waals surface area (Å²) in [5.41, 5.74) is 6.46.